The maximum atomic E-state index is 13.7. The van der Waals surface area contributed by atoms with Gasteiger partial charge in [0.1, 0.15) is 0 Å². The summed E-state index contributed by atoms with van der Waals surface area (Å²) in [6, 6.07) is 0. The number of ether oxygens (including phenoxy) is 1. The summed E-state index contributed by atoms with van der Waals surface area (Å²) in [5.74, 6) is 2.36. The van der Waals surface area contributed by atoms with Crippen LogP contribution in [0.25, 0.3) is 0 Å². The highest BCUT2D eigenvalue weighted by Crippen LogP contribution is 2.67. The van der Waals surface area contributed by atoms with Crippen LogP contribution in [0.4, 0.5) is 0 Å². The van der Waals surface area contributed by atoms with Gasteiger partial charge in [-0.05, 0) is 85.5 Å². The molecule has 0 aromatic carbocycles. The van der Waals surface area contributed by atoms with Crippen molar-refractivity contribution in [2.75, 3.05) is 7.11 Å². The minimum absolute atomic E-state index is 0.0904. The lowest BCUT2D eigenvalue weighted by Crippen LogP contribution is -2.57. The van der Waals surface area contributed by atoms with Crippen molar-refractivity contribution < 1.29 is 14.3 Å². The largest absolute Gasteiger partial charge is 0.469 e. The van der Waals surface area contributed by atoms with E-state index < -0.39 is 0 Å². The molecule has 7 unspecified atom stereocenters. The van der Waals surface area contributed by atoms with Gasteiger partial charge in [0.05, 0.1) is 7.11 Å². The van der Waals surface area contributed by atoms with Crippen molar-refractivity contribution >= 4 is 11.8 Å². The maximum absolute atomic E-state index is 13.7. The van der Waals surface area contributed by atoms with Crippen molar-refractivity contribution in [2.24, 2.45) is 40.4 Å². The van der Waals surface area contributed by atoms with Crippen LogP contribution < -0.4 is 0 Å². The summed E-state index contributed by atoms with van der Waals surface area (Å²) in [7, 11) is 1.49. The van der Waals surface area contributed by atoms with E-state index >= 15 is 0 Å². The van der Waals surface area contributed by atoms with E-state index in [1.807, 2.05) is 0 Å². The molecule has 3 nitrogen and oxygen atoms in total. The van der Waals surface area contributed by atoms with Gasteiger partial charge in [-0.1, -0.05) is 32.8 Å². The second-order valence-corrected chi connectivity index (χ2v) is 10.3. The summed E-state index contributed by atoms with van der Waals surface area (Å²) in [5.41, 5.74) is 1.54. The molecule has 4 rings (SSSR count). The number of hydrogen-bond acceptors (Lipinski definition) is 3. The van der Waals surface area contributed by atoms with Crippen molar-refractivity contribution in [3.05, 3.63) is 11.6 Å². The van der Waals surface area contributed by atoms with Gasteiger partial charge in [0.2, 0.25) is 0 Å². The molecule has 0 N–H and O–H groups in total. The van der Waals surface area contributed by atoms with Gasteiger partial charge in [-0.2, -0.15) is 0 Å². The SMILES string of the molecule is C/C=C1/C(=O)C2C3CCC(CC(=O)OC)C3(C)CCC2C2(C)CCCCC12. The Morgan fingerprint density at radius 3 is 2.52 bits per heavy atom. The highest BCUT2D eigenvalue weighted by molar-refractivity contribution is 5.99. The first-order valence-electron chi connectivity index (χ1n) is 11.1. The molecule has 4 aliphatic rings. The molecule has 0 saturated heterocycles. The molecule has 27 heavy (non-hydrogen) atoms. The molecule has 0 amide bonds. The van der Waals surface area contributed by atoms with E-state index in [0.29, 0.717) is 41.3 Å². The Balaban J connectivity index is 1.69. The zero-order valence-corrected chi connectivity index (χ0v) is 17.6. The topological polar surface area (TPSA) is 43.4 Å². The molecule has 4 fully saturated rings. The minimum Gasteiger partial charge on any atom is -0.469 e. The van der Waals surface area contributed by atoms with E-state index in [9.17, 15) is 9.59 Å². The van der Waals surface area contributed by atoms with Crippen LogP contribution >= 0.6 is 0 Å². The number of fused-ring (bicyclic) bond motifs is 5. The van der Waals surface area contributed by atoms with Gasteiger partial charge in [-0.3, -0.25) is 9.59 Å². The quantitative estimate of drug-likeness (QED) is 0.486. The molecule has 0 heterocycles. The van der Waals surface area contributed by atoms with E-state index in [4.69, 9.17) is 4.74 Å². The number of rotatable bonds is 2. The van der Waals surface area contributed by atoms with Gasteiger partial charge < -0.3 is 4.74 Å². The first-order valence-corrected chi connectivity index (χ1v) is 11.1. The van der Waals surface area contributed by atoms with Crippen molar-refractivity contribution in [3.8, 4) is 0 Å². The summed E-state index contributed by atoms with van der Waals surface area (Å²) < 4.78 is 4.97. The summed E-state index contributed by atoms with van der Waals surface area (Å²) in [4.78, 5) is 25.7. The van der Waals surface area contributed by atoms with Crippen LogP contribution in [0.2, 0.25) is 0 Å². The number of esters is 1. The van der Waals surface area contributed by atoms with Crippen LogP contribution in [0.1, 0.15) is 78.6 Å². The van der Waals surface area contributed by atoms with Gasteiger partial charge in [0.15, 0.2) is 5.78 Å². The molecule has 7 atom stereocenters. The molecule has 0 bridgehead atoms. The Morgan fingerprint density at radius 2 is 1.81 bits per heavy atom. The monoisotopic (exact) mass is 372 g/mol. The summed E-state index contributed by atoms with van der Waals surface area (Å²) in [6.45, 7) is 6.93. The molecule has 4 saturated carbocycles. The number of methoxy groups -OCH3 is 1. The third kappa shape index (κ3) is 2.67. The van der Waals surface area contributed by atoms with E-state index in [0.717, 1.165) is 24.8 Å². The lowest BCUT2D eigenvalue weighted by molar-refractivity contribution is -0.148. The number of hydrogen-bond donors (Lipinski definition) is 0. The Bertz CT molecular complexity index is 665. The second-order valence-electron chi connectivity index (χ2n) is 10.3. The van der Waals surface area contributed by atoms with Gasteiger partial charge in [-0.15, -0.1) is 0 Å². The maximum Gasteiger partial charge on any atom is 0.305 e. The number of carbonyl (C=O) groups is 2. The van der Waals surface area contributed by atoms with E-state index in [2.05, 4.69) is 26.8 Å². The van der Waals surface area contributed by atoms with Crippen LogP contribution in [0.15, 0.2) is 11.6 Å². The van der Waals surface area contributed by atoms with E-state index in [1.165, 1.54) is 39.2 Å². The Hall–Kier alpha value is -1.12. The van der Waals surface area contributed by atoms with Crippen molar-refractivity contribution in [2.45, 2.75) is 78.6 Å². The summed E-state index contributed by atoms with van der Waals surface area (Å²) >= 11 is 0. The Labute approximate surface area is 164 Å². The van der Waals surface area contributed by atoms with Gasteiger partial charge in [-0.25, -0.2) is 0 Å². The van der Waals surface area contributed by atoms with Gasteiger partial charge in [0.25, 0.3) is 0 Å². The van der Waals surface area contributed by atoms with Crippen LogP contribution in [-0.2, 0) is 14.3 Å². The van der Waals surface area contributed by atoms with E-state index in [-0.39, 0.29) is 17.3 Å². The number of Topliss-reactive ketones (excluding diaryl/α,β-unsaturated/α-hetero) is 1. The molecule has 3 heteroatoms. The average molecular weight is 373 g/mol. The molecular formula is C24H36O3. The summed E-state index contributed by atoms with van der Waals surface area (Å²) in [5, 5.41) is 0. The molecule has 4 aliphatic carbocycles. The van der Waals surface area contributed by atoms with Crippen LogP contribution in [0.3, 0.4) is 0 Å². The predicted molar refractivity (Wildman–Crippen MR) is 106 cm³/mol. The number of allylic oxidation sites excluding steroid dienone is 2. The third-order valence-electron chi connectivity index (χ3n) is 9.48. The second kappa shape index (κ2) is 6.74. The van der Waals surface area contributed by atoms with Crippen LogP contribution in [0, 0.1) is 40.4 Å². The fraction of sp³-hybridized carbons (Fsp3) is 0.833. The highest BCUT2D eigenvalue weighted by Gasteiger charge is 2.63. The third-order valence-corrected chi connectivity index (χ3v) is 9.48. The average Bonchev–Trinajstić information content (AvgIpc) is 2.98. The molecule has 0 spiro atoms. The molecule has 150 valence electrons. The highest BCUT2D eigenvalue weighted by atomic mass is 16.5. The number of carbonyl (C=O) groups excluding carboxylic acids is 2. The van der Waals surface area contributed by atoms with Gasteiger partial charge in [0, 0.05) is 12.3 Å². The fourth-order valence-electron chi connectivity index (χ4n) is 7.99. The summed E-state index contributed by atoms with van der Waals surface area (Å²) in [6.07, 6.45) is 12.2. The molecular weight excluding hydrogens is 336 g/mol. The van der Waals surface area contributed by atoms with Crippen LogP contribution in [-0.4, -0.2) is 18.9 Å². The lowest BCUT2D eigenvalue weighted by atomic mass is 9.43. The van der Waals surface area contributed by atoms with Gasteiger partial charge >= 0.3 is 5.97 Å². The normalized spacial score (nSPS) is 47.9. The van der Waals surface area contributed by atoms with Crippen molar-refractivity contribution in [1.29, 1.82) is 0 Å². The molecule has 0 radical (unpaired) electrons. The van der Waals surface area contributed by atoms with Crippen LogP contribution in [0.5, 0.6) is 0 Å². The zero-order valence-electron chi connectivity index (χ0n) is 17.6. The predicted octanol–water partition coefficient (Wildman–Crippen LogP) is 5.33. The van der Waals surface area contributed by atoms with Crippen molar-refractivity contribution in [3.63, 3.8) is 0 Å². The first-order chi connectivity index (χ1) is 12.9. The molecule has 0 aromatic heterocycles. The number of ketones is 1. The smallest absolute Gasteiger partial charge is 0.305 e. The first kappa shape index (κ1) is 19.2. The zero-order chi connectivity index (χ0) is 19.4. The van der Waals surface area contributed by atoms with Crippen molar-refractivity contribution in [1.82, 2.24) is 0 Å². The standard InChI is InChI=1S/C24H36O3/c1-5-16-17-8-6-7-12-24(17,3)19-11-13-23(2)15(14-20(25)27-4)9-10-18(23)21(19)22(16)26/h5,15,17-19,21H,6-14H2,1-4H3/b16-5+. The molecule has 0 aliphatic heterocycles. The minimum atomic E-state index is -0.0904. The molecule has 0 aromatic rings. The Kier molecular flexibility index (Phi) is 4.79. The lowest BCUT2D eigenvalue weighted by Gasteiger charge is -2.60. The fourth-order valence-corrected chi connectivity index (χ4v) is 7.99. The van der Waals surface area contributed by atoms with E-state index in [1.54, 1.807) is 0 Å². The Morgan fingerprint density at radius 1 is 1.07 bits per heavy atom.